The lowest BCUT2D eigenvalue weighted by molar-refractivity contribution is 0.0153. The lowest BCUT2D eigenvalue weighted by atomic mass is 9.95. The molecule has 0 amide bonds. The Hall–Kier alpha value is -4.22. The fourth-order valence-electron chi connectivity index (χ4n) is 4.95. The summed E-state index contributed by atoms with van der Waals surface area (Å²) in [6, 6.07) is 11.8. The minimum Gasteiger partial charge on any atom is -0.439 e. The van der Waals surface area contributed by atoms with Crippen LogP contribution in [-0.4, -0.2) is 63.4 Å². The van der Waals surface area contributed by atoms with Gasteiger partial charge in [-0.2, -0.15) is 0 Å². The van der Waals surface area contributed by atoms with E-state index in [0.717, 1.165) is 45.2 Å². The number of aromatic nitrogens is 3. The molecule has 1 aliphatic rings. The number of ether oxygens (including phenoxy) is 1. The van der Waals surface area contributed by atoms with Crippen LogP contribution in [0.3, 0.4) is 0 Å². The molecular weight excluding hydrogens is 542 g/mol. The molecule has 11 heteroatoms. The lowest BCUT2D eigenvalue weighted by Crippen LogP contribution is -2.45. The molecular formula is C31H34F2N6O3. The lowest BCUT2D eigenvalue weighted by Gasteiger charge is -2.34. The highest BCUT2D eigenvalue weighted by Gasteiger charge is 2.29. The van der Waals surface area contributed by atoms with Gasteiger partial charge in [-0.3, -0.25) is 9.69 Å². The highest BCUT2D eigenvalue weighted by Crippen LogP contribution is 2.33. The van der Waals surface area contributed by atoms with E-state index in [-0.39, 0.29) is 23.6 Å². The molecule has 0 aliphatic carbocycles. The Balaban J connectivity index is 1.29. The average Bonchev–Trinajstić information content (AvgIpc) is 3.48. The Kier molecular flexibility index (Phi) is 8.89. The van der Waals surface area contributed by atoms with Gasteiger partial charge in [-0.15, -0.1) is 0 Å². The van der Waals surface area contributed by atoms with Gasteiger partial charge < -0.3 is 19.5 Å². The monoisotopic (exact) mass is 576 g/mol. The van der Waals surface area contributed by atoms with Gasteiger partial charge in [0.1, 0.15) is 29.8 Å². The summed E-state index contributed by atoms with van der Waals surface area (Å²) in [5, 5.41) is 6.67. The largest absolute Gasteiger partial charge is 0.439 e. The number of nitrogens with one attached hydrogen (secondary N) is 1. The first-order chi connectivity index (χ1) is 20.2. The van der Waals surface area contributed by atoms with E-state index in [1.165, 1.54) is 24.9 Å². The first-order valence-corrected chi connectivity index (χ1v) is 13.9. The molecule has 1 aliphatic heterocycles. The fraction of sp³-hybridized carbons (Fsp3) is 0.355. The number of aryl methyl sites for hydroxylation is 1. The number of ketones is 1. The van der Waals surface area contributed by atoms with Crippen LogP contribution in [0.5, 0.6) is 11.6 Å². The molecule has 0 radical (unpaired) electrons. The van der Waals surface area contributed by atoms with E-state index in [1.54, 1.807) is 36.4 Å². The van der Waals surface area contributed by atoms with Crippen molar-refractivity contribution in [3.63, 3.8) is 0 Å². The molecule has 0 saturated carbocycles. The summed E-state index contributed by atoms with van der Waals surface area (Å²) in [5.74, 6) is -2.02. The molecule has 1 fully saturated rings. The fourth-order valence-corrected chi connectivity index (χ4v) is 4.95. The summed E-state index contributed by atoms with van der Waals surface area (Å²) in [7, 11) is 0. The molecule has 3 heterocycles. The van der Waals surface area contributed by atoms with Crippen LogP contribution in [0, 0.1) is 6.92 Å². The molecule has 220 valence electrons. The van der Waals surface area contributed by atoms with Crippen molar-refractivity contribution in [3.05, 3.63) is 89.1 Å². The number of hydrogen-bond acceptors (Lipinski definition) is 9. The summed E-state index contributed by atoms with van der Waals surface area (Å²) in [6.45, 7) is 9.90. The molecule has 9 nitrogen and oxygen atoms in total. The number of carbonyl (C=O) groups is 1. The zero-order valence-corrected chi connectivity index (χ0v) is 23.9. The molecule has 4 aromatic rings. The molecule has 2 aromatic carbocycles. The van der Waals surface area contributed by atoms with Gasteiger partial charge in [-0.25, -0.2) is 18.7 Å². The second-order valence-corrected chi connectivity index (χ2v) is 10.6. The Morgan fingerprint density at radius 3 is 2.57 bits per heavy atom. The predicted molar refractivity (Wildman–Crippen MR) is 155 cm³/mol. The van der Waals surface area contributed by atoms with Gasteiger partial charge in [-0.1, -0.05) is 36.3 Å². The second kappa shape index (κ2) is 12.7. The molecule has 0 atom stereocenters. The molecule has 1 saturated heterocycles. The number of hydrogen-bond donors (Lipinski definition) is 1. The van der Waals surface area contributed by atoms with E-state index < -0.39 is 5.92 Å². The first-order valence-electron chi connectivity index (χ1n) is 13.9. The Labute approximate surface area is 243 Å². The molecule has 5 rings (SSSR count). The van der Waals surface area contributed by atoms with Crippen LogP contribution in [0.25, 0.3) is 0 Å². The van der Waals surface area contributed by atoms with Crippen molar-refractivity contribution in [2.24, 2.45) is 0 Å². The van der Waals surface area contributed by atoms with Crippen LogP contribution in [-0.2, 0) is 18.9 Å². The van der Waals surface area contributed by atoms with Gasteiger partial charge in [0, 0.05) is 63.3 Å². The standard InChI is InChI=1S/C31H34F2N6O3/c1-4-38-9-11-39(12-10-38)18-24-8-6-22(13-26(24)31(3,32)33)14-27(40)23-7-5-21(2)28(15-23)42-30-16-29(34-20-35-30)37-25-17-36-41-19-25/h5-8,13,15-17,19-20H,4,9-12,14,18H2,1-3H3,(H,34,35,37). The van der Waals surface area contributed by atoms with Gasteiger partial charge in [0.2, 0.25) is 5.88 Å². The Morgan fingerprint density at radius 2 is 1.86 bits per heavy atom. The van der Waals surface area contributed by atoms with E-state index >= 15 is 0 Å². The van der Waals surface area contributed by atoms with Gasteiger partial charge in [-0.05, 0) is 42.3 Å². The van der Waals surface area contributed by atoms with Crippen LogP contribution in [0.1, 0.15) is 46.5 Å². The Morgan fingerprint density at radius 1 is 1.07 bits per heavy atom. The number of carbonyl (C=O) groups excluding carboxylic acids is 1. The number of rotatable bonds is 11. The van der Waals surface area contributed by atoms with Crippen LogP contribution >= 0.6 is 0 Å². The third-order valence-corrected chi connectivity index (χ3v) is 7.39. The van der Waals surface area contributed by atoms with E-state index in [0.29, 0.717) is 40.5 Å². The van der Waals surface area contributed by atoms with Gasteiger partial charge in [0.15, 0.2) is 5.78 Å². The molecule has 0 unspecified atom stereocenters. The van der Waals surface area contributed by atoms with Crippen molar-refractivity contribution in [1.29, 1.82) is 0 Å². The molecule has 1 N–H and O–H groups in total. The maximum atomic E-state index is 14.7. The summed E-state index contributed by atoms with van der Waals surface area (Å²) < 4.78 is 40.2. The summed E-state index contributed by atoms with van der Waals surface area (Å²) >= 11 is 0. The summed E-state index contributed by atoms with van der Waals surface area (Å²) in [6.07, 6.45) is 4.29. The zero-order chi connectivity index (χ0) is 29.7. The predicted octanol–water partition coefficient (Wildman–Crippen LogP) is 5.98. The number of alkyl halides is 2. The van der Waals surface area contributed by atoms with Crippen molar-refractivity contribution in [2.75, 3.05) is 38.0 Å². The number of Topliss-reactive ketones (excluding diaryl/α,β-unsaturated/α-hetero) is 1. The van der Waals surface area contributed by atoms with Crippen LogP contribution in [0.15, 0.2) is 65.8 Å². The third-order valence-electron chi connectivity index (χ3n) is 7.39. The molecule has 2 aromatic heterocycles. The highest BCUT2D eigenvalue weighted by atomic mass is 19.3. The minimum absolute atomic E-state index is 0.0126. The van der Waals surface area contributed by atoms with E-state index in [4.69, 9.17) is 9.26 Å². The zero-order valence-electron chi connectivity index (χ0n) is 23.9. The van der Waals surface area contributed by atoms with Crippen molar-refractivity contribution in [3.8, 4) is 11.6 Å². The number of benzene rings is 2. The number of anilines is 2. The van der Waals surface area contributed by atoms with E-state index in [9.17, 15) is 13.6 Å². The third kappa shape index (κ3) is 7.34. The van der Waals surface area contributed by atoms with Gasteiger partial charge >= 0.3 is 0 Å². The average molecular weight is 577 g/mol. The molecule has 0 spiro atoms. The molecule has 42 heavy (non-hydrogen) atoms. The number of nitrogens with zero attached hydrogens (tertiary/aromatic N) is 5. The topological polar surface area (TPSA) is 96.6 Å². The van der Waals surface area contributed by atoms with E-state index in [2.05, 4.69) is 37.2 Å². The first kappa shape index (κ1) is 29.3. The van der Waals surface area contributed by atoms with Gasteiger partial charge in [0.05, 0.1) is 6.20 Å². The molecule has 0 bridgehead atoms. The number of piperazine rings is 1. The van der Waals surface area contributed by atoms with Crippen molar-refractivity contribution in [1.82, 2.24) is 24.9 Å². The van der Waals surface area contributed by atoms with Crippen LogP contribution in [0.2, 0.25) is 0 Å². The summed E-state index contributed by atoms with van der Waals surface area (Å²) in [5.41, 5.74) is 2.94. The number of halogens is 2. The smallest absolute Gasteiger partial charge is 0.270 e. The Bertz CT molecular complexity index is 1520. The van der Waals surface area contributed by atoms with Gasteiger partial charge in [0.25, 0.3) is 5.92 Å². The maximum absolute atomic E-state index is 14.7. The second-order valence-electron chi connectivity index (χ2n) is 10.6. The van der Waals surface area contributed by atoms with Crippen molar-refractivity contribution >= 4 is 17.3 Å². The quantitative estimate of drug-likeness (QED) is 0.216. The van der Waals surface area contributed by atoms with Crippen LogP contribution in [0.4, 0.5) is 20.3 Å². The van der Waals surface area contributed by atoms with E-state index in [1.807, 2.05) is 6.92 Å². The van der Waals surface area contributed by atoms with Crippen LogP contribution < -0.4 is 10.1 Å². The van der Waals surface area contributed by atoms with Crippen molar-refractivity contribution in [2.45, 2.75) is 39.7 Å². The minimum atomic E-state index is -3.02. The highest BCUT2D eigenvalue weighted by molar-refractivity contribution is 5.98. The normalized spacial score (nSPS) is 14.6. The number of likely N-dealkylation sites (N-methyl/N-ethyl adjacent to an activating group) is 1. The summed E-state index contributed by atoms with van der Waals surface area (Å²) in [4.78, 5) is 26.2. The maximum Gasteiger partial charge on any atom is 0.270 e. The SMILES string of the molecule is CCN1CCN(Cc2ccc(CC(=O)c3ccc(C)c(Oc4cc(Nc5cnoc5)ncn4)c3)cc2C(C)(F)F)CC1. The van der Waals surface area contributed by atoms with Crippen molar-refractivity contribution < 1.29 is 22.8 Å².